The number of fused-ring (bicyclic) bond motifs is 1. The van der Waals surface area contributed by atoms with E-state index >= 15 is 0 Å². The van der Waals surface area contributed by atoms with Crippen molar-refractivity contribution in [1.29, 1.82) is 0 Å². The second-order valence-electron chi connectivity index (χ2n) is 4.71. The number of benzene rings is 1. The van der Waals surface area contributed by atoms with Crippen molar-refractivity contribution < 1.29 is 0 Å². The van der Waals surface area contributed by atoms with Gasteiger partial charge >= 0.3 is 0 Å². The van der Waals surface area contributed by atoms with Crippen LogP contribution in [0.5, 0.6) is 0 Å². The van der Waals surface area contributed by atoms with Crippen LogP contribution in [-0.2, 0) is 6.54 Å². The lowest BCUT2D eigenvalue weighted by Gasteiger charge is -2.18. The monoisotopic (exact) mass is 229 g/mol. The van der Waals surface area contributed by atoms with Gasteiger partial charge in [-0.3, -0.25) is 4.98 Å². The highest BCUT2D eigenvalue weighted by atomic mass is 15.1. The minimum atomic E-state index is 0.202. The van der Waals surface area contributed by atoms with Crippen LogP contribution in [0.1, 0.15) is 12.5 Å². The van der Waals surface area contributed by atoms with Crippen molar-refractivity contribution in [2.45, 2.75) is 19.5 Å². The van der Waals surface area contributed by atoms with E-state index < -0.39 is 0 Å². The van der Waals surface area contributed by atoms with E-state index in [0.717, 1.165) is 18.6 Å². The minimum absolute atomic E-state index is 0.202. The van der Waals surface area contributed by atoms with Crippen LogP contribution in [-0.4, -0.2) is 29.5 Å². The Balaban J connectivity index is 2.14. The first-order valence-corrected chi connectivity index (χ1v) is 5.93. The van der Waals surface area contributed by atoms with Gasteiger partial charge in [0.15, 0.2) is 0 Å². The second-order valence-corrected chi connectivity index (χ2v) is 4.71. The lowest BCUT2D eigenvalue weighted by molar-refractivity contribution is 0.310. The van der Waals surface area contributed by atoms with Crippen LogP contribution < -0.4 is 5.73 Å². The molecule has 90 valence electrons. The van der Waals surface area contributed by atoms with Gasteiger partial charge in [-0.05, 0) is 31.7 Å². The van der Waals surface area contributed by atoms with Gasteiger partial charge in [-0.25, -0.2) is 0 Å². The summed E-state index contributed by atoms with van der Waals surface area (Å²) in [6.45, 7) is 3.81. The van der Waals surface area contributed by atoms with E-state index in [1.165, 1.54) is 10.9 Å². The van der Waals surface area contributed by atoms with E-state index in [4.69, 9.17) is 5.73 Å². The fourth-order valence-corrected chi connectivity index (χ4v) is 2.07. The van der Waals surface area contributed by atoms with Crippen LogP contribution >= 0.6 is 0 Å². The number of para-hydroxylation sites is 1. The first-order chi connectivity index (χ1) is 8.15. The molecule has 0 spiro atoms. The van der Waals surface area contributed by atoms with Crippen molar-refractivity contribution in [1.82, 2.24) is 9.88 Å². The first kappa shape index (κ1) is 12.0. The van der Waals surface area contributed by atoms with Crippen molar-refractivity contribution in [3.63, 3.8) is 0 Å². The van der Waals surface area contributed by atoms with Crippen molar-refractivity contribution in [2.75, 3.05) is 13.6 Å². The van der Waals surface area contributed by atoms with Gasteiger partial charge in [0.1, 0.15) is 0 Å². The molecule has 0 amide bonds. The van der Waals surface area contributed by atoms with Crippen LogP contribution in [0.15, 0.2) is 36.5 Å². The Hall–Kier alpha value is -1.45. The molecule has 1 aromatic heterocycles. The SMILES string of the molecule is CC(N)CN(C)Cc1cnc2ccccc2c1. The Bertz CT molecular complexity index is 494. The number of rotatable bonds is 4. The molecule has 0 aliphatic rings. The van der Waals surface area contributed by atoms with Gasteiger partial charge < -0.3 is 10.6 Å². The largest absolute Gasteiger partial charge is 0.327 e. The molecule has 2 N–H and O–H groups in total. The number of hydrogen-bond donors (Lipinski definition) is 1. The van der Waals surface area contributed by atoms with E-state index in [9.17, 15) is 0 Å². The third kappa shape index (κ3) is 3.25. The molecule has 0 aliphatic carbocycles. The zero-order chi connectivity index (χ0) is 12.3. The summed E-state index contributed by atoms with van der Waals surface area (Å²) in [5, 5.41) is 1.19. The van der Waals surface area contributed by atoms with E-state index in [1.54, 1.807) is 0 Å². The third-order valence-corrected chi connectivity index (χ3v) is 2.70. The van der Waals surface area contributed by atoms with Crippen LogP contribution in [0.2, 0.25) is 0 Å². The molecule has 3 nitrogen and oxygen atoms in total. The van der Waals surface area contributed by atoms with Gasteiger partial charge in [-0.2, -0.15) is 0 Å². The Morgan fingerprint density at radius 1 is 1.35 bits per heavy atom. The van der Waals surface area contributed by atoms with Crippen molar-refractivity contribution in [2.24, 2.45) is 5.73 Å². The molecule has 1 unspecified atom stereocenters. The predicted molar refractivity (Wildman–Crippen MR) is 71.7 cm³/mol. The Kier molecular flexibility index (Phi) is 3.71. The average molecular weight is 229 g/mol. The summed E-state index contributed by atoms with van der Waals surface area (Å²) >= 11 is 0. The molecule has 17 heavy (non-hydrogen) atoms. The quantitative estimate of drug-likeness (QED) is 0.872. The highest BCUT2D eigenvalue weighted by molar-refractivity contribution is 5.78. The van der Waals surface area contributed by atoms with Gasteiger partial charge in [0.25, 0.3) is 0 Å². The molecule has 2 aromatic rings. The molecule has 0 saturated carbocycles. The average Bonchev–Trinajstić information content (AvgIpc) is 2.27. The summed E-state index contributed by atoms with van der Waals surface area (Å²) in [5.41, 5.74) is 8.06. The number of nitrogens with two attached hydrogens (primary N) is 1. The maximum absolute atomic E-state index is 5.78. The zero-order valence-electron chi connectivity index (χ0n) is 10.4. The molecular formula is C14H19N3. The van der Waals surface area contributed by atoms with E-state index in [0.29, 0.717) is 0 Å². The predicted octanol–water partition coefficient (Wildman–Crippen LogP) is 2.01. The Labute approximate surface area is 102 Å². The summed E-state index contributed by atoms with van der Waals surface area (Å²) in [6.07, 6.45) is 1.94. The summed E-state index contributed by atoms with van der Waals surface area (Å²) in [4.78, 5) is 6.67. The van der Waals surface area contributed by atoms with Crippen molar-refractivity contribution >= 4 is 10.9 Å². The highest BCUT2D eigenvalue weighted by Gasteiger charge is 2.04. The molecule has 3 heteroatoms. The van der Waals surface area contributed by atoms with Crippen molar-refractivity contribution in [3.05, 3.63) is 42.1 Å². The second kappa shape index (κ2) is 5.25. The molecule has 0 fully saturated rings. The number of hydrogen-bond acceptors (Lipinski definition) is 3. The number of nitrogens with zero attached hydrogens (tertiary/aromatic N) is 2. The first-order valence-electron chi connectivity index (χ1n) is 5.93. The summed E-state index contributed by atoms with van der Waals surface area (Å²) in [6, 6.07) is 10.6. The molecule has 0 saturated heterocycles. The van der Waals surface area contributed by atoms with Gasteiger partial charge in [0.2, 0.25) is 0 Å². The lowest BCUT2D eigenvalue weighted by Crippen LogP contribution is -2.32. The normalized spacial score (nSPS) is 13.2. The summed E-state index contributed by atoms with van der Waals surface area (Å²) in [5.74, 6) is 0. The maximum Gasteiger partial charge on any atom is 0.0702 e. The maximum atomic E-state index is 5.78. The van der Waals surface area contributed by atoms with Crippen LogP contribution in [0.4, 0.5) is 0 Å². The Morgan fingerprint density at radius 3 is 2.88 bits per heavy atom. The molecule has 1 heterocycles. The number of likely N-dealkylation sites (N-methyl/N-ethyl adjacent to an activating group) is 1. The standard InChI is InChI=1S/C14H19N3/c1-11(15)9-17(2)10-12-7-13-5-3-4-6-14(13)16-8-12/h3-8,11H,9-10,15H2,1-2H3. The van der Waals surface area contributed by atoms with Crippen molar-refractivity contribution in [3.8, 4) is 0 Å². The fraction of sp³-hybridized carbons (Fsp3) is 0.357. The molecule has 0 radical (unpaired) electrons. The molecule has 1 atom stereocenters. The molecule has 0 bridgehead atoms. The number of aromatic nitrogens is 1. The molecule has 1 aromatic carbocycles. The summed E-state index contributed by atoms with van der Waals surface area (Å²) < 4.78 is 0. The van der Waals surface area contributed by atoms with Crippen LogP contribution in [0.3, 0.4) is 0 Å². The van der Waals surface area contributed by atoms with E-state index in [1.807, 2.05) is 31.3 Å². The summed E-state index contributed by atoms with van der Waals surface area (Å²) in [7, 11) is 2.08. The van der Waals surface area contributed by atoms with Crippen LogP contribution in [0, 0.1) is 0 Å². The smallest absolute Gasteiger partial charge is 0.0702 e. The zero-order valence-corrected chi connectivity index (χ0v) is 10.4. The molecular weight excluding hydrogens is 210 g/mol. The third-order valence-electron chi connectivity index (χ3n) is 2.70. The highest BCUT2D eigenvalue weighted by Crippen LogP contribution is 2.13. The fourth-order valence-electron chi connectivity index (χ4n) is 2.07. The van der Waals surface area contributed by atoms with Gasteiger partial charge in [0.05, 0.1) is 5.52 Å². The molecule has 2 rings (SSSR count). The lowest BCUT2D eigenvalue weighted by atomic mass is 10.1. The molecule has 0 aliphatic heterocycles. The minimum Gasteiger partial charge on any atom is -0.327 e. The Morgan fingerprint density at radius 2 is 2.12 bits per heavy atom. The van der Waals surface area contributed by atoms with E-state index in [2.05, 4.69) is 29.1 Å². The van der Waals surface area contributed by atoms with Gasteiger partial charge in [-0.1, -0.05) is 18.2 Å². The van der Waals surface area contributed by atoms with E-state index in [-0.39, 0.29) is 6.04 Å². The van der Waals surface area contributed by atoms with Gasteiger partial charge in [-0.15, -0.1) is 0 Å². The number of pyridine rings is 1. The van der Waals surface area contributed by atoms with Gasteiger partial charge in [0, 0.05) is 30.7 Å². The topological polar surface area (TPSA) is 42.1 Å². The van der Waals surface area contributed by atoms with Crippen LogP contribution in [0.25, 0.3) is 10.9 Å².